The van der Waals surface area contributed by atoms with Crippen molar-refractivity contribution in [3.8, 4) is 23.1 Å². The molecule has 0 amide bonds. The second-order valence-electron chi connectivity index (χ2n) is 7.91. The molecule has 4 aromatic rings. The lowest BCUT2D eigenvalue weighted by atomic mass is 10.0. The van der Waals surface area contributed by atoms with Gasteiger partial charge in [0.05, 0.1) is 28.9 Å². The number of nitrogens with zero attached hydrogens (tertiary/aromatic N) is 3. The van der Waals surface area contributed by atoms with Crippen LogP contribution in [0.15, 0.2) is 72.8 Å². The van der Waals surface area contributed by atoms with Crippen LogP contribution in [-0.4, -0.2) is 20.1 Å². The molecule has 1 unspecified atom stereocenters. The first-order valence-electron chi connectivity index (χ1n) is 10.6. The van der Waals surface area contributed by atoms with Crippen molar-refractivity contribution in [2.75, 3.05) is 0 Å². The number of alkyl halides is 6. The Morgan fingerprint density at radius 2 is 1.43 bits per heavy atom. The van der Waals surface area contributed by atoms with Crippen LogP contribution in [0.2, 0.25) is 0 Å². The number of benzene rings is 3. The fourth-order valence-electron chi connectivity index (χ4n) is 3.57. The zero-order valence-electron chi connectivity index (χ0n) is 18.6. The van der Waals surface area contributed by atoms with Gasteiger partial charge in [0.25, 0.3) is 0 Å². The second-order valence-corrected chi connectivity index (χ2v) is 7.91. The van der Waals surface area contributed by atoms with Crippen molar-refractivity contribution in [1.82, 2.24) is 15.0 Å². The van der Waals surface area contributed by atoms with E-state index in [0.29, 0.717) is 17.7 Å². The van der Waals surface area contributed by atoms with Crippen molar-refractivity contribution in [1.29, 1.82) is 0 Å². The highest BCUT2D eigenvalue weighted by atomic mass is 19.4. The molecule has 0 bridgehead atoms. The van der Waals surface area contributed by atoms with Gasteiger partial charge in [-0.3, -0.25) is 0 Å². The molecule has 0 saturated heterocycles. The van der Waals surface area contributed by atoms with Crippen LogP contribution < -0.4 is 0 Å². The minimum atomic E-state index is -5.01. The van der Waals surface area contributed by atoms with Gasteiger partial charge < -0.3 is 5.11 Å². The zero-order chi connectivity index (χ0) is 26.8. The predicted octanol–water partition coefficient (Wildman–Crippen LogP) is 6.26. The molecule has 0 aliphatic carbocycles. The smallest absolute Gasteiger partial charge is 0.374 e. The molecule has 0 spiro atoms. The van der Waals surface area contributed by atoms with Crippen LogP contribution in [-0.2, 0) is 18.9 Å². The number of aromatic nitrogens is 3. The molecule has 4 nitrogen and oxygen atoms in total. The van der Waals surface area contributed by atoms with Gasteiger partial charge in [-0.05, 0) is 35.9 Å². The standard InChI is InChI=1S/C26H16F7N3O/c27-21-9-5-4-6-17(21)10-11-22(37)23-24(18-7-2-1-3-8-18)36(35-34-23)15-16-12-19(25(28,29)30)14-20(13-16)26(31,32)33/h1-9,12-14,22,37H,15H2. The molecule has 0 aliphatic heterocycles. The Labute approximate surface area is 206 Å². The van der Waals surface area contributed by atoms with E-state index in [9.17, 15) is 35.8 Å². The summed E-state index contributed by atoms with van der Waals surface area (Å²) in [6.07, 6.45) is -11.6. The number of aliphatic hydroxyl groups excluding tert-OH is 1. The lowest BCUT2D eigenvalue weighted by Gasteiger charge is -2.15. The van der Waals surface area contributed by atoms with Crippen LogP contribution in [0.3, 0.4) is 0 Å². The number of hydrogen-bond acceptors (Lipinski definition) is 3. The van der Waals surface area contributed by atoms with Crippen molar-refractivity contribution in [3.05, 3.63) is 107 Å². The SMILES string of the molecule is OC(C#Cc1ccccc1F)c1nnn(Cc2cc(C(F)(F)F)cc(C(F)(F)F)c2)c1-c1ccccc1. The maximum atomic E-state index is 13.9. The Bertz CT molecular complexity index is 1430. The first-order chi connectivity index (χ1) is 17.4. The largest absolute Gasteiger partial charge is 0.416 e. The topological polar surface area (TPSA) is 50.9 Å². The summed E-state index contributed by atoms with van der Waals surface area (Å²) in [5, 5.41) is 18.4. The third kappa shape index (κ3) is 5.98. The van der Waals surface area contributed by atoms with Crippen LogP contribution in [0, 0.1) is 17.7 Å². The fraction of sp³-hybridized carbons (Fsp3) is 0.154. The normalized spacial score (nSPS) is 12.6. The van der Waals surface area contributed by atoms with Gasteiger partial charge >= 0.3 is 12.4 Å². The molecule has 1 aromatic heterocycles. The van der Waals surface area contributed by atoms with Crippen LogP contribution in [0.25, 0.3) is 11.3 Å². The monoisotopic (exact) mass is 519 g/mol. The Morgan fingerprint density at radius 3 is 2.03 bits per heavy atom. The van der Waals surface area contributed by atoms with E-state index in [4.69, 9.17) is 0 Å². The van der Waals surface area contributed by atoms with E-state index < -0.39 is 41.9 Å². The van der Waals surface area contributed by atoms with Gasteiger partial charge in [0, 0.05) is 5.56 Å². The third-order valence-electron chi connectivity index (χ3n) is 5.26. The molecule has 0 radical (unpaired) electrons. The van der Waals surface area contributed by atoms with Crippen LogP contribution >= 0.6 is 0 Å². The Kier molecular flexibility index (Phi) is 7.05. The molecule has 37 heavy (non-hydrogen) atoms. The minimum Gasteiger partial charge on any atom is -0.374 e. The van der Waals surface area contributed by atoms with E-state index in [0.717, 1.165) is 4.68 Å². The van der Waals surface area contributed by atoms with Gasteiger partial charge in [-0.1, -0.05) is 59.5 Å². The van der Waals surface area contributed by atoms with Gasteiger partial charge in [-0.2, -0.15) is 26.3 Å². The summed E-state index contributed by atoms with van der Waals surface area (Å²) >= 11 is 0. The average Bonchev–Trinajstić information content (AvgIpc) is 3.26. The molecular formula is C26H16F7N3O. The number of halogens is 7. The quantitative estimate of drug-likeness (QED) is 0.256. The number of aliphatic hydroxyl groups is 1. The van der Waals surface area contributed by atoms with Crippen molar-refractivity contribution in [2.24, 2.45) is 0 Å². The maximum absolute atomic E-state index is 13.9. The van der Waals surface area contributed by atoms with Crippen molar-refractivity contribution in [3.63, 3.8) is 0 Å². The lowest BCUT2D eigenvalue weighted by Crippen LogP contribution is -2.13. The molecule has 0 aliphatic rings. The van der Waals surface area contributed by atoms with Gasteiger partial charge in [0.15, 0.2) is 6.10 Å². The summed E-state index contributed by atoms with van der Waals surface area (Å²) in [4.78, 5) is 0. The summed E-state index contributed by atoms with van der Waals surface area (Å²) in [5.74, 6) is 4.34. The van der Waals surface area contributed by atoms with Crippen molar-refractivity contribution in [2.45, 2.75) is 25.0 Å². The van der Waals surface area contributed by atoms with Crippen LogP contribution in [0.1, 0.15) is 34.1 Å². The summed E-state index contributed by atoms with van der Waals surface area (Å²) < 4.78 is 94.8. The molecule has 11 heteroatoms. The average molecular weight is 519 g/mol. The molecule has 1 N–H and O–H groups in total. The lowest BCUT2D eigenvalue weighted by molar-refractivity contribution is -0.143. The Morgan fingerprint density at radius 1 is 0.838 bits per heavy atom. The molecule has 190 valence electrons. The minimum absolute atomic E-state index is 0.0128. The number of rotatable bonds is 4. The van der Waals surface area contributed by atoms with Crippen LogP contribution in [0.4, 0.5) is 30.7 Å². The highest BCUT2D eigenvalue weighted by molar-refractivity contribution is 5.63. The fourth-order valence-corrected chi connectivity index (χ4v) is 3.57. The van der Waals surface area contributed by atoms with Crippen molar-refractivity contribution >= 4 is 0 Å². The highest BCUT2D eigenvalue weighted by Crippen LogP contribution is 2.37. The summed E-state index contributed by atoms with van der Waals surface area (Å²) in [6, 6.07) is 15.0. The molecular weight excluding hydrogens is 503 g/mol. The molecule has 0 saturated carbocycles. The second kappa shape index (κ2) is 10.1. The summed E-state index contributed by atoms with van der Waals surface area (Å²) in [6.45, 7) is -0.516. The Hall–Kier alpha value is -4.17. The van der Waals surface area contributed by atoms with E-state index in [1.807, 2.05) is 0 Å². The molecule has 1 atom stereocenters. The van der Waals surface area contributed by atoms with E-state index in [2.05, 4.69) is 22.2 Å². The van der Waals surface area contributed by atoms with Gasteiger partial charge in [-0.15, -0.1) is 5.10 Å². The Balaban J connectivity index is 1.79. The predicted molar refractivity (Wildman–Crippen MR) is 119 cm³/mol. The van der Waals surface area contributed by atoms with E-state index in [-0.39, 0.29) is 28.6 Å². The van der Waals surface area contributed by atoms with Gasteiger partial charge in [0.1, 0.15) is 11.5 Å². The molecule has 1 heterocycles. The van der Waals surface area contributed by atoms with E-state index >= 15 is 0 Å². The summed E-state index contributed by atoms with van der Waals surface area (Å²) in [5.41, 5.74) is -2.79. The first kappa shape index (κ1) is 25.9. The highest BCUT2D eigenvalue weighted by Gasteiger charge is 2.37. The first-order valence-corrected chi connectivity index (χ1v) is 10.6. The molecule has 4 rings (SSSR count). The molecule has 0 fully saturated rings. The summed E-state index contributed by atoms with van der Waals surface area (Å²) in [7, 11) is 0. The van der Waals surface area contributed by atoms with E-state index in [1.165, 1.54) is 18.2 Å². The van der Waals surface area contributed by atoms with Crippen molar-refractivity contribution < 1.29 is 35.8 Å². The van der Waals surface area contributed by atoms with Gasteiger partial charge in [0.2, 0.25) is 0 Å². The third-order valence-corrected chi connectivity index (χ3v) is 5.26. The molecule has 3 aromatic carbocycles. The number of hydrogen-bond donors (Lipinski definition) is 1. The van der Waals surface area contributed by atoms with Gasteiger partial charge in [-0.25, -0.2) is 9.07 Å². The van der Waals surface area contributed by atoms with Crippen LogP contribution in [0.5, 0.6) is 0 Å². The van der Waals surface area contributed by atoms with E-state index in [1.54, 1.807) is 36.4 Å². The zero-order valence-corrected chi connectivity index (χ0v) is 18.6. The maximum Gasteiger partial charge on any atom is 0.416 e.